The van der Waals surface area contributed by atoms with E-state index in [0.29, 0.717) is 16.4 Å². The molecule has 2 N–H and O–H groups in total. The van der Waals surface area contributed by atoms with Crippen LogP contribution in [0, 0.1) is 11.8 Å². The van der Waals surface area contributed by atoms with Crippen LogP contribution in [0.1, 0.15) is 30.9 Å². The van der Waals surface area contributed by atoms with Gasteiger partial charge in [-0.15, -0.1) is 5.10 Å². The van der Waals surface area contributed by atoms with Gasteiger partial charge in [0.05, 0.1) is 23.4 Å². The fraction of sp³-hybridized carbons (Fsp3) is 0.412. The SMILES string of the molecule is O=C1CC/C=C\CN(Cn2nnc3ccccc32)C(=O)[C@@H]2N(CCCO)C(=O)[C@H]3[C@H](C(=O)N[C@H](c4ccccc4)CO1)[C@H]1O[C@@]23C=C1Br. The Balaban J connectivity index is 1.30. The Morgan fingerprint density at radius 1 is 1.02 bits per heavy atom. The van der Waals surface area contributed by atoms with E-state index < -0.39 is 59.3 Å². The first kappa shape index (κ1) is 32.2. The number of esters is 1. The number of allylic oxidation sites excluding steroid dienone is 1. The Labute approximate surface area is 284 Å². The highest BCUT2D eigenvalue weighted by molar-refractivity contribution is 9.11. The number of hydrogen-bond acceptors (Lipinski definition) is 9. The molecule has 3 amide bonds. The van der Waals surface area contributed by atoms with Gasteiger partial charge in [-0.25, -0.2) is 4.68 Å². The maximum atomic E-state index is 14.9. The number of rotatable bonds is 6. The Hall–Kier alpha value is -4.40. The van der Waals surface area contributed by atoms with Crippen molar-refractivity contribution in [2.45, 2.75) is 49.7 Å². The number of halogens is 1. The zero-order valence-electron chi connectivity index (χ0n) is 26.0. The van der Waals surface area contributed by atoms with Gasteiger partial charge in [-0.3, -0.25) is 19.2 Å². The standard InChI is InChI=1S/C34H35BrN6O7/c35-22-18-34-28-27(29(22)48-34)31(44)36-24(21-10-3-1-4-11-21)19-47-26(43)14-5-2-8-15-39(20-41-25-13-7-6-12-23(25)37-38-41)33(46)30(34)40(32(28)45)16-9-17-42/h1-4,6-8,10-13,18,24,27-30,42H,5,9,14-17,19-20H2,(H,36,44)/b8-2-/t24-,27-,28+,29-,30-,34+/m0/s1. The Kier molecular flexibility index (Phi) is 8.88. The van der Waals surface area contributed by atoms with Crippen molar-refractivity contribution in [3.8, 4) is 0 Å². The highest BCUT2D eigenvalue weighted by atomic mass is 79.9. The third-order valence-corrected chi connectivity index (χ3v) is 10.2. The molecule has 2 fully saturated rings. The molecule has 1 aromatic heterocycles. The summed E-state index contributed by atoms with van der Waals surface area (Å²) in [5, 5.41) is 21.3. The highest BCUT2D eigenvalue weighted by Crippen LogP contribution is 2.58. The molecule has 1 spiro atoms. The number of aliphatic hydroxyl groups excluding tert-OH is 1. The molecular weight excluding hydrogens is 684 g/mol. The minimum absolute atomic E-state index is 0.0159. The van der Waals surface area contributed by atoms with Crippen LogP contribution in [0.3, 0.4) is 0 Å². The van der Waals surface area contributed by atoms with Gasteiger partial charge in [0.1, 0.15) is 36.5 Å². The summed E-state index contributed by atoms with van der Waals surface area (Å²) >= 11 is 3.59. The summed E-state index contributed by atoms with van der Waals surface area (Å²) in [5.74, 6) is -3.67. The van der Waals surface area contributed by atoms with E-state index >= 15 is 0 Å². The number of carbonyl (C=O) groups is 4. The normalized spacial score (nSPS) is 30.0. The van der Waals surface area contributed by atoms with Crippen molar-refractivity contribution >= 4 is 50.7 Å². The lowest BCUT2D eigenvalue weighted by molar-refractivity contribution is -0.149. The van der Waals surface area contributed by atoms with Crippen molar-refractivity contribution in [1.29, 1.82) is 0 Å². The number of likely N-dealkylation sites (tertiary alicyclic amines) is 1. The molecule has 5 heterocycles. The second kappa shape index (κ2) is 13.2. The number of nitrogens with one attached hydrogen (secondary N) is 1. The van der Waals surface area contributed by atoms with Gasteiger partial charge in [-0.2, -0.15) is 0 Å². The van der Waals surface area contributed by atoms with Gasteiger partial charge in [0, 0.05) is 30.6 Å². The number of para-hydroxylation sites is 1. The van der Waals surface area contributed by atoms with Crippen molar-refractivity contribution in [3.05, 3.63) is 82.9 Å². The predicted molar refractivity (Wildman–Crippen MR) is 175 cm³/mol. The summed E-state index contributed by atoms with van der Waals surface area (Å²) in [7, 11) is 0. The minimum atomic E-state index is -1.44. The summed E-state index contributed by atoms with van der Waals surface area (Å²) in [5.41, 5.74) is 0.679. The van der Waals surface area contributed by atoms with Crippen molar-refractivity contribution in [2.75, 3.05) is 26.3 Å². The quantitative estimate of drug-likeness (QED) is 0.288. The topological polar surface area (TPSA) is 156 Å². The Morgan fingerprint density at radius 2 is 1.81 bits per heavy atom. The summed E-state index contributed by atoms with van der Waals surface area (Å²) in [6.07, 6.45) is 5.28. The summed E-state index contributed by atoms with van der Waals surface area (Å²) < 4.78 is 14.4. The Morgan fingerprint density at radius 3 is 2.62 bits per heavy atom. The van der Waals surface area contributed by atoms with Crippen LogP contribution >= 0.6 is 15.9 Å². The van der Waals surface area contributed by atoms with Crippen LogP contribution in [-0.2, 0) is 35.3 Å². The first-order valence-corrected chi connectivity index (χ1v) is 16.8. The number of amides is 3. The molecule has 5 bridgehead atoms. The van der Waals surface area contributed by atoms with Crippen molar-refractivity contribution < 1.29 is 33.8 Å². The van der Waals surface area contributed by atoms with Gasteiger partial charge in [-0.05, 0) is 36.6 Å². The van der Waals surface area contributed by atoms with Gasteiger partial charge in [0.2, 0.25) is 11.8 Å². The van der Waals surface area contributed by atoms with Gasteiger partial charge in [-0.1, -0.05) is 75.8 Å². The van der Waals surface area contributed by atoms with Gasteiger partial charge >= 0.3 is 5.97 Å². The first-order valence-electron chi connectivity index (χ1n) is 16.0. The number of benzene rings is 2. The van der Waals surface area contributed by atoms with E-state index in [1.54, 1.807) is 21.7 Å². The van der Waals surface area contributed by atoms with Crippen LogP contribution in [0.2, 0.25) is 0 Å². The summed E-state index contributed by atoms with van der Waals surface area (Å²) in [4.78, 5) is 59.2. The largest absolute Gasteiger partial charge is 0.463 e. The number of hydrogen-bond donors (Lipinski definition) is 2. The van der Waals surface area contributed by atoms with E-state index in [0.717, 1.165) is 11.1 Å². The van der Waals surface area contributed by atoms with Crippen LogP contribution < -0.4 is 5.32 Å². The molecule has 0 aliphatic carbocycles. The first-order chi connectivity index (χ1) is 23.3. The monoisotopic (exact) mass is 718 g/mol. The fourth-order valence-electron chi connectivity index (χ4n) is 7.29. The second-order valence-corrected chi connectivity index (χ2v) is 13.3. The van der Waals surface area contributed by atoms with Crippen LogP contribution in [0.25, 0.3) is 11.0 Å². The molecule has 0 unspecified atom stereocenters. The van der Waals surface area contributed by atoms with Crippen molar-refractivity contribution in [2.24, 2.45) is 11.8 Å². The Bertz CT molecular complexity index is 1800. The predicted octanol–water partition coefficient (Wildman–Crippen LogP) is 2.22. The molecule has 6 atom stereocenters. The summed E-state index contributed by atoms with van der Waals surface area (Å²) in [6.45, 7) is -0.0428. The van der Waals surface area contributed by atoms with Crippen LogP contribution in [0.15, 0.2) is 77.3 Å². The summed E-state index contributed by atoms with van der Waals surface area (Å²) in [6, 6.07) is 14.8. The van der Waals surface area contributed by atoms with E-state index in [-0.39, 0.29) is 45.8 Å². The number of fused-ring (bicyclic) bond motifs is 3. The second-order valence-electron chi connectivity index (χ2n) is 12.4. The number of aromatic nitrogens is 3. The van der Waals surface area contributed by atoms with Gasteiger partial charge < -0.3 is 29.7 Å². The van der Waals surface area contributed by atoms with Crippen LogP contribution in [0.5, 0.6) is 0 Å². The molecule has 2 saturated heterocycles. The number of cyclic esters (lactones) is 1. The lowest BCUT2D eigenvalue weighted by Gasteiger charge is -2.35. The molecule has 4 aliphatic heterocycles. The van der Waals surface area contributed by atoms with Gasteiger partial charge in [0.15, 0.2) is 0 Å². The molecule has 13 nitrogen and oxygen atoms in total. The van der Waals surface area contributed by atoms with Crippen molar-refractivity contribution in [3.63, 3.8) is 0 Å². The molecule has 14 heteroatoms. The number of carbonyl (C=O) groups excluding carboxylic acids is 4. The molecular formula is C34H35BrN6O7. The number of aliphatic hydroxyl groups is 1. The molecule has 4 aliphatic rings. The molecule has 0 radical (unpaired) electrons. The smallest absolute Gasteiger partial charge is 0.306 e. The third-order valence-electron chi connectivity index (χ3n) is 9.49. The van der Waals surface area contributed by atoms with Crippen molar-refractivity contribution in [1.82, 2.24) is 30.1 Å². The van der Waals surface area contributed by atoms with Gasteiger partial charge in [0.25, 0.3) is 5.91 Å². The fourth-order valence-corrected chi connectivity index (χ4v) is 8.03. The molecule has 250 valence electrons. The van der Waals surface area contributed by atoms with E-state index in [2.05, 4.69) is 31.6 Å². The number of ether oxygens (including phenoxy) is 2. The molecule has 2 aromatic carbocycles. The van der Waals surface area contributed by atoms with E-state index in [9.17, 15) is 24.3 Å². The lowest BCUT2D eigenvalue weighted by atomic mass is 9.74. The van der Waals surface area contributed by atoms with E-state index in [1.165, 1.54) is 4.90 Å². The third kappa shape index (κ3) is 5.61. The lowest BCUT2D eigenvalue weighted by Crippen LogP contribution is -2.56. The molecule has 48 heavy (non-hydrogen) atoms. The van der Waals surface area contributed by atoms with Crippen LogP contribution in [0.4, 0.5) is 0 Å². The highest BCUT2D eigenvalue weighted by Gasteiger charge is 2.74. The zero-order valence-corrected chi connectivity index (χ0v) is 27.6. The van der Waals surface area contributed by atoms with Crippen LogP contribution in [-0.4, -0.2) is 97.6 Å². The average molecular weight is 720 g/mol. The maximum Gasteiger partial charge on any atom is 0.306 e. The minimum Gasteiger partial charge on any atom is -0.463 e. The zero-order chi connectivity index (χ0) is 33.4. The average Bonchev–Trinajstić information content (AvgIpc) is 3.81. The van der Waals surface area contributed by atoms with E-state index in [1.807, 2.05) is 60.7 Å². The molecule has 7 rings (SSSR count). The molecule has 0 saturated carbocycles. The number of nitrogens with zero attached hydrogens (tertiary/aromatic N) is 5. The molecule has 3 aromatic rings. The maximum absolute atomic E-state index is 14.9. The van der Waals surface area contributed by atoms with E-state index in [4.69, 9.17) is 9.47 Å².